The Morgan fingerprint density at radius 2 is 1.69 bits per heavy atom. The van der Waals surface area contributed by atoms with E-state index in [1.54, 1.807) is 69.5 Å². The Labute approximate surface area is 189 Å². The molecular weight excluding hydrogens is 430 g/mol. The highest BCUT2D eigenvalue weighted by Crippen LogP contribution is 2.15. The van der Waals surface area contributed by atoms with Crippen molar-refractivity contribution in [2.75, 3.05) is 26.0 Å². The van der Waals surface area contributed by atoms with E-state index in [4.69, 9.17) is 4.74 Å². The number of methoxy groups -OCH3 is 1. The van der Waals surface area contributed by atoms with Gasteiger partial charge in [-0.05, 0) is 41.8 Å². The number of carbonyl (C=O) groups excluding carboxylic acids is 2. The van der Waals surface area contributed by atoms with E-state index in [0.717, 1.165) is 11.0 Å². The predicted molar refractivity (Wildman–Crippen MR) is 125 cm³/mol. The van der Waals surface area contributed by atoms with Crippen LogP contribution in [0, 0.1) is 5.92 Å². The first-order valence-corrected chi connectivity index (χ1v) is 11.6. The average Bonchev–Trinajstić information content (AvgIpc) is 2.76. The smallest absolute Gasteiger partial charge is 0.243 e. The summed E-state index contributed by atoms with van der Waals surface area (Å²) < 4.78 is 32.5. The van der Waals surface area contributed by atoms with Crippen molar-refractivity contribution in [2.24, 2.45) is 5.92 Å². The number of hydrogen-bond acceptors (Lipinski definition) is 5. The van der Waals surface area contributed by atoms with E-state index in [1.807, 2.05) is 6.07 Å². The van der Waals surface area contributed by atoms with Gasteiger partial charge in [0.1, 0.15) is 11.8 Å². The average molecular weight is 460 g/mol. The van der Waals surface area contributed by atoms with Crippen molar-refractivity contribution < 1.29 is 22.7 Å². The highest BCUT2D eigenvalue weighted by molar-refractivity contribution is 7.92. The van der Waals surface area contributed by atoms with Crippen molar-refractivity contribution in [1.82, 2.24) is 9.62 Å². The molecule has 0 aromatic heterocycles. The minimum Gasteiger partial charge on any atom is -0.497 e. The van der Waals surface area contributed by atoms with Gasteiger partial charge in [0.15, 0.2) is 0 Å². The van der Waals surface area contributed by atoms with Crippen molar-refractivity contribution in [1.29, 1.82) is 0 Å². The number of benzene rings is 2. The number of ether oxygens (including phenoxy) is 1. The van der Waals surface area contributed by atoms with E-state index < -0.39 is 27.9 Å². The number of carbonyl (C=O) groups is 2. The summed E-state index contributed by atoms with van der Waals surface area (Å²) in [5.41, 5.74) is 1.28. The van der Waals surface area contributed by atoms with Crippen LogP contribution in [0.1, 0.15) is 19.4 Å². The Hall–Kier alpha value is -3.17. The lowest BCUT2D eigenvalue weighted by atomic mass is 10.0. The molecule has 2 aromatic carbocycles. The van der Waals surface area contributed by atoms with Crippen molar-refractivity contribution in [3.8, 4) is 5.75 Å². The third-order valence-electron chi connectivity index (χ3n) is 4.59. The summed E-state index contributed by atoms with van der Waals surface area (Å²) in [4.78, 5) is 26.4. The Morgan fingerprint density at radius 3 is 2.25 bits per heavy atom. The molecule has 0 aliphatic heterocycles. The quantitative estimate of drug-likeness (QED) is 0.568. The van der Waals surface area contributed by atoms with Gasteiger partial charge >= 0.3 is 0 Å². The Kier molecular flexibility index (Phi) is 8.98. The topological polar surface area (TPSA) is 105 Å². The van der Waals surface area contributed by atoms with Crippen LogP contribution in [0.4, 0.5) is 5.69 Å². The lowest BCUT2D eigenvalue weighted by Crippen LogP contribution is -2.51. The Morgan fingerprint density at radius 1 is 1.06 bits per heavy atom. The number of rotatable bonds is 10. The number of hydrogen-bond donors (Lipinski definition) is 2. The summed E-state index contributed by atoms with van der Waals surface area (Å²) in [5, 5.41) is 3.72. The fourth-order valence-corrected chi connectivity index (χ4v) is 3.97. The summed E-state index contributed by atoms with van der Waals surface area (Å²) >= 11 is 0. The first kappa shape index (κ1) is 25.1. The summed E-state index contributed by atoms with van der Waals surface area (Å²) in [6.07, 6.45) is 1.45. The van der Waals surface area contributed by atoms with Gasteiger partial charge in [0.2, 0.25) is 21.8 Å². The number of nitrogens with one attached hydrogen (secondary N) is 2. The molecule has 1 atom stereocenters. The second-order valence-electron chi connectivity index (χ2n) is 7.57. The van der Waals surface area contributed by atoms with Crippen molar-refractivity contribution in [3.63, 3.8) is 0 Å². The van der Waals surface area contributed by atoms with Crippen LogP contribution in [0.25, 0.3) is 6.08 Å². The maximum Gasteiger partial charge on any atom is 0.243 e. The molecule has 2 rings (SSSR count). The molecule has 0 heterocycles. The molecule has 0 fully saturated rings. The molecule has 172 valence electrons. The number of anilines is 1. The fourth-order valence-electron chi connectivity index (χ4n) is 2.83. The summed E-state index contributed by atoms with van der Waals surface area (Å²) in [7, 11) is -0.872. The minimum absolute atomic E-state index is 0.227. The minimum atomic E-state index is -3.88. The van der Waals surface area contributed by atoms with Crippen LogP contribution in [0.15, 0.2) is 60.0 Å². The predicted octanol–water partition coefficient (Wildman–Crippen LogP) is 2.71. The van der Waals surface area contributed by atoms with Crippen LogP contribution in [-0.2, 0) is 19.6 Å². The molecule has 0 bridgehead atoms. The Balaban J connectivity index is 2.01. The molecule has 2 amide bonds. The maximum atomic E-state index is 12.9. The second-order valence-corrected chi connectivity index (χ2v) is 9.17. The van der Waals surface area contributed by atoms with E-state index in [0.29, 0.717) is 11.4 Å². The number of sulfonamides is 1. The molecule has 8 nitrogen and oxygen atoms in total. The monoisotopic (exact) mass is 459 g/mol. The van der Waals surface area contributed by atoms with Gasteiger partial charge in [-0.15, -0.1) is 0 Å². The fraction of sp³-hybridized carbons (Fsp3) is 0.304. The normalized spacial score (nSPS) is 12.5. The van der Waals surface area contributed by atoms with Crippen molar-refractivity contribution in [2.45, 2.75) is 19.9 Å². The van der Waals surface area contributed by atoms with Crippen LogP contribution >= 0.6 is 0 Å². The number of likely N-dealkylation sites (N-methyl/N-ethyl adjacent to an activating group) is 1. The van der Waals surface area contributed by atoms with Crippen LogP contribution in [-0.4, -0.2) is 51.9 Å². The molecule has 0 radical (unpaired) electrons. The maximum absolute atomic E-state index is 12.9. The molecule has 0 spiro atoms. The van der Waals surface area contributed by atoms with Crippen LogP contribution in [0.3, 0.4) is 0 Å². The first-order valence-electron chi connectivity index (χ1n) is 10.1. The van der Waals surface area contributed by atoms with Gasteiger partial charge in [0, 0.05) is 18.1 Å². The van der Waals surface area contributed by atoms with Gasteiger partial charge in [0.05, 0.1) is 13.7 Å². The van der Waals surface area contributed by atoms with E-state index in [2.05, 4.69) is 10.0 Å². The summed E-state index contributed by atoms with van der Waals surface area (Å²) in [5.74, 6) is -0.569. The van der Waals surface area contributed by atoms with E-state index in [9.17, 15) is 18.0 Å². The molecule has 0 saturated carbocycles. The van der Waals surface area contributed by atoms with Crippen LogP contribution < -0.4 is 14.8 Å². The molecule has 0 aliphatic carbocycles. The van der Waals surface area contributed by atoms with Crippen LogP contribution in [0.5, 0.6) is 5.75 Å². The summed E-state index contributed by atoms with van der Waals surface area (Å²) in [6.45, 7) is 3.24. The Bertz CT molecular complexity index is 1040. The number of amides is 2. The molecule has 2 aromatic rings. The second kappa shape index (κ2) is 11.4. The standard InChI is InChI=1S/C23H29N3O5S/c1-17(2)22(25-32(29,30)15-14-18-8-6-5-7-9-18)23(28)26(3)16-21(27)24-19-10-12-20(31-4)13-11-19/h5-15,17,22,25H,16H2,1-4H3,(H,24,27)/b15-14+. The van der Waals surface area contributed by atoms with Crippen molar-refractivity contribution in [3.05, 3.63) is 65.6 Å². The highest BCUT2D eigenvalue weighted by atomic mass is 32.2. The van der Waals surface area contributed by atoms with Gasteiger partial charge in [-0.3, -0.25) is 9.59 Å². The SMILES string of the molecule is COc1ccc(NC(=O)CN(C)C(=O)C(NS(=O)(=O)/C=C/c2ccccc2)C(C)C)cc1. The summed E-state index contributed by atoms with van der Waals surface area (Å²) in [6, 6.07) is 14.7. The third-order valence-corrected chi connectivity index (χ3v) is 5.67. The van der Waals surface area contributed by atoms with Crippen molar-refractivity contribution >= 4 is 33.6 Å². The van der Waals surface area contributed by atoms with Gasteiger partial charge in [-0.2, -0.15) is 4.72 Å². The molecule has 1 unspecified atom stereocenters. The third kappa shape index (κ3) is 7.82. The highest BCUT2D eigenvalue weighted by Gasteiger charge is 2.29. The molecule has 0 aliphatic rings. The lowest BCUT2D eigenvalue weighted by molar-refractivity contribution is -0.135. The lowest BCUT2D eigenvalue weighted by Gasteiger charge is -2.26. The largest absolute Gasteiger partial charge is 0.497 e. The van der Waals surface area contributed by atoms with Crippen LogP contribution in [0.2, 0.25) is 0 Å². The molecular formula is C23H29N3O5S. The molecule has 9 heteroatoms. The number of nitrogens with zero attached hydrogens (tertiary/aromatic N) is 1. The molecule has 32 heavy (non-hydrogen) atoms. The van der Waals surface area contributed by atoms with E-state index >= 15 is 0 Å². The molecule has 2 N–H and O–H groups in total. The van der Waals surface area contributed by atoms with Gasteiger partial charge in [-0.1, -0.05) is 44.2 Å². The van der Waals surface area contributed by atoms with Gasteiger partial charge in [0.25, 0.3) is 0 Å². The van der Waals surface area contributed by atoms with E-state index in [-0.39, 0.29) is 12.5 Å². The zero-order valence-electron chi connectivity index (χ0n) is 18.6. The molecule has 0 saturated heterocycles. The van der Waals surface area contributed by atoms with E-state index in [1.165, 1.54) is 18.0 Å². The van der Waals surface area contributed by atoms with Gasteiger partial charge in [-0.25, -0.2) is 8.42 Å². The first-order chi connectivity index (χ1) is 15.1. The van der Waals surface area contributed by atoms with Gasteiger partial charge < -0.3 is 15.0 Å². The zero-order chi connectivity index (χ0) is 23.7. The zero-order valence-corrected chi connectivity index (χ0v) is 19.4.